The van der Waals surface area contributed by atoms with Gasteiger partial charge < -0.3 is 4.74 Å². The molecule has 0 radical (unpaired) electrons. The van der Waals surface area contributed by atoms with E-state index < -0.39 is 25.0 Å². The summed E-state index contributed by atoms with van der Waals surface area (Å²) in [6.45, 7) is 5.42. The Morgan fingerprint density at radius 2 is 2.00 bits per heavy atom. The summed E-state index contributed by atoms with van der Waals surface area (Å²) < 4.78 is 40.1. The molecule has 0 aromatic carbocycles. The van der Waals surface area contributed by atoms with E-state index in [1.807, 2.05) is 6.92 Å². The number of esters is 1. The van der Waals surface area contributed by atoms with Gasteiger partial charge in [-0.2, -0.15) is 13.2 Å². The lowest BCUT2D eigenvalue weighted by Gasteiger charge is -2.08. The van der Waals surface area contributed by atoms with Crippen molar-refractivity contribution in [2.45, 2.75) is 38.8 Å². The molecule has 0 aromatic rings. The Kier molecular flexibility index (Phi) is 6.05. The lowest BCUT2D eigenvalue weighted by molar-refractivity contribution is -0.141. The largest absolute Gasteiger partial charge is 0.462 e. The van der Waals surface area contributed by atoms with Crippen molar-refractivity contribution in [2.75, 3.05) is 6.61 Å². The molecule has 0 spiro atoms. The van der Waals surface area contributed by atoms with Crippen LogP contribution in [0.5, 0.6) is 0 Å². The standard InChI is InChI=1S/C10H15F3O2/c1-3-4-7-15-9(14)8(2)5-6-10(11,12)13/h2-7H2,1H3. The molecule has 0 heterocycles. The highest BCUT2D eigenvalue weighted by Crippen LogP contribution is 2.23. The van der Waals surface area contributed by atoms with E-state index in [9.17, 15) is 18.0 Å². The zero-order valence-corrected chi connectivity index (χ0v) is 8.69. The van der Waals surface area contributed by atoms with E-state index in [4.69, 9.17) is 4.74 Å². The highest BCUT2D eigenvalue weighted by molar-refractivity contribution is 5.87. The van der Waals surface area contributed by atoms with Gasteiger partial charge in [0.25, 0.3) is 0 Å². The van der Waals surface area contributed by atoms with Gasteiger partial charge in [0.2, 0.25) is 0 Å². The molecule has 0 rings (SSSR count). The van der Waals surface area contributed by atoms with Crippen molar-refractivity contribution in [2.24, 2.45) is 0 Å². The maximum absolute atomic E-state index is 11.8. The zero-order valence-electron chi connectivity index (χ0n) is 8.69. The van der Waals surface area contributed by atoms with Gasteiger partial charge in [0.05, 0.1) is 6.61 Å². The first-order valence-corrected chi connectivity index (χ1v) is 4.78. The van der Waals surface area contributed by atoms with Crippen LogP contribution < -0.4 is 0 Å². The Hall–Kier alpha value is -1.00. The fourth-order valence-corrected chi connectivity index (χ4v) is 0.806. The quantitative estimate of drug-likeness (QED) is 0.393. The van der Waals surface area contributed by atoms with Crippen LogP contribution in [0.2, 0.25) is 0 Å². The molecule has 0 saturated carbocycles. The molecule has 15 heavy (non-hydrogen) atoms. The molecular formula is C10H15F3O2. The topological polar surface area (TPSA) is 26.3 Å². The summed E-state index contributed by atoms with van der Waals surface area (Å²) in [5, 5.41) is 0. The molecule has 0 aromatic heterocycles. The summed E-state index contributed by atoms with van der Waals surface area (Å²) in [6.07, 6.45) is -4.11. The fourth-order valence-electron chi connectivity index (χ4n) is 0.806. The van der Waals surface area contributed by atoms with Crippen molar-refractivity contribution in [1.82, 2.24) is 0 Å². The molecule has 0 aliphatic heterocycles. The Bertz CT molecular complexity index is 221. The minimum absolute atomic E-state index is 0.122. The molecule has 0 aliphatic rings. The van der Waals surface area contributed by atoms with Gasteiger partial charge in [-0.1, -0.05) is 19.9 Å². The highest BCUT2D eigenvalue weighted by atomic mass is 19.4. The number of hydrogen-bond donors (Lipinski definition) is 0. The SMILES string of the molecule is C=C(CCC(F)(F)F)C(=O)OCCCC. The third kappa shape index (κ3) is 8.03. The summed E-state index contributed by atoms with van der Waals surface area (Å²) >= 11 is 0. The fraction of sp³-hybridized carbons (Fsp3) is 0.700. The van der Waals surface area contributed by atoms with Crippen LogP contribution in [0, 0.1) is 0 Å². The summed E-state index contributed by atoms with van der Waals surface area (Å²) in [5.74, 6) is -0.729. The Labute approximate surface area is 87.1 Å². The number of unbranched alkanes of at least 4 members (excludes halogenated alkanes) is 1. The first-order valence-electron chi connectivity index (χ1n) is 4.78. The van der Waals surface area contributed by atoms with Gasteiger partial charge in [-0.25, -0.2) is 4.79 Å². The van der Waals surface area contributed by atoms with Gasteiger partial charge >= 0.3 is 12.1 Å². The molecule has 0 saturated heterocycles. The second-order valence-corrected chi connectivity index (χ2v) is 3.21. The number of rotatable bonds is 6. The number of alkyl halides is 3. The van der Waals surface area contributed by atoms with Crippen LogP contribution in [0.3, 0.4) is 0 Å². The summed E-state index contributed by atoms with van der Waals surface area (Å²) in [7, 11) is 0. The van der Waals surface area contributed by atoms with Crippen LogP contribution in [-0.4, -0.2) is 18.8 Å². The van der Waals surface area contributed by atoms with Crippen LogP contribution in [0.25, 0.3) is 0 Å². The van der Waals surface area contributed by atoms with Crippen molar-refractivity contribution >= 4 is 5.97 Å². The van der Waals surface area contributed by atoms with Gasteiger partial charge in [0.1, 0.15) is 0 Å². The monoisotopic (exact) mass is 224 g/mol. The van der Waals surface area contributed by atoms with Crippen molar-refractivity contribution in [3.05, 3.63) is 12.2 Å². The second kappa shape index (κ2) is 6.48. The number of carbonyl (C=O) groups excluding carboxylic acids is 1. The Morgan fingerprint density at radius 3 is 2.47 bits per heavy atom. The van der Waals surface area contributed by atoms with Gasteiger partial charge in [-0.05, 0) is 12.8 Å². The number of halogens is 3. The maximum Gasteiger partial charge on any atom is 0.389 e. The molecule has 0 atom stereocenters. The van der Waals surface area contributed by atoms with E-state index in [1.54, 1.807) is 0 Å². The molecule has 0 amide bonds. The lowest BCUT2D eigenvalue weighted by atomic mass is 10.1. The van der Waals surface area contributed by atoms with E-state index in [0.29, 0.717) is 6.42 Å². The van der Waals surface area contributed by atoms with Crippen LogP contribution in [0.1, 0.15) is 32.6 Å². The van der Waals surface area contributed by atoms with Gasteiger partial charge in [-0.3, -0.25) is 0 Å². The second-order valence-electron chi connectivity index (χ2n) is 3.21. The van der Waals surface area contributed by atoms with Gasteiger partial charge in [-0.15, -0.1) is 0 Å². The average molecular weight is 224 g/mol. The Morgan fingerprint density at radius 1 is 1.40 bits per heavy atom. The highest BCUT2D eigenvalue weighted by Gasteiger charge is 2.27. The molecule has 0 aliphatic carbocycles. The lowest BCUT2D eigenvalue weighted by Crippen LogP contribution is -2.12. The first kappa shape index (κ1) is 14.0. The summed E-state index contributed by atoms with van der Waals surface area (Å²) in [4.78, 5) is 11.0. The van der Waals surface area contributed by atoms with E-state index in [2.05, 4.69) is 6.58 Å². The smallest absolute Gasteiger partial charge is 0.389 e. The van der Waals surface area contributed by atoms with Gasteiger partial charge in [0.15, 0.2) is 0 Å². The van der Waals surface area contributed by atoms with Crippen molar-refractivity contribution in [1.29, 1.82) is 0 Å². The van der Waals surface area contributed by atoms with E-state index in [1.165, 1.54) is 0 Å². The predicted molar refractivity (Wildman–Crippen MR) is 50.3 cm³/mol. The first-order chi connectivity index (χ1) is 6.87. The molecule has 88 valence electrons. The molecule has 2 nitrogen and oxygen atoms in total. The van der Waals surface area contributed by atoms with Crippen LogP contribution in [0.15, 0.2) is 12.2 Å². The van der Waals surface area contributed by atoms with Crippen LogP contribution in [-0.2, 0) is 9.53 Å². The summed E-state index contributed by atoms with van der Waals surface area (Å²) in [6, 6.07) is 0. The number of hydrogen-bond acceptors (Lipinski definition) is 2. The van der Waals surface area contributed by atoms with Crippen LogP contribution >= 0.6 is 0 Å². The Balaban J connectivity index is 3.75. The van der Waals surface area contributed by atoms with Crippen molar-refractivity contribution in [3.63, 3.8) is 0 Å². The number of carbonyl (C=O) groups is 1. The minimum atomic E-state index is -4.26. The predicted octanol–water partition coefficient (Wildman–Crippen LogP) is 3.23. The molecular weight excluding hydrogens is 209 g/mol. The normalized spacial score (nSPS) is 11.2. The molecule has 0 bridgehead atoms. The molecule has 5 heteroatoms. The summed E-state index contributed by atoms with van der Waals surface area (Å²) in [5.41, 5.74) is -0.122. The van der Waals surface area contributed by atoms with Crippen molar-refractivity contribution in [3.8, 4) is 0 Å². The third-order valence-electron chi connectivity index (χ3n) is 1.73. The van der Waals surface area contributed by atoms with Crippen molar-refractivity contribution < 1.29 is 22.7 Å². The number of ether oxygens (including phenoxy) is 1. The minimum Gasteiger partial charge on any atom is -0.462 e. The zero-order chi connectivity index (χ0) is 11.9. The van der Waals surface area contributed by atoms with E-state index in [0.717, 1.165) is 6.42 Å². The molecule has 0 N–H and O–H groups in total. The van der Waals surface area contributed by atoms with Crippen LogP contribution in [0.4, 0.5) is 13.2 Å². The average Bonchev–Trinajstić information content (AvgIpc) is 2.13. The molecule has 0 fully saturated rings. The molecule has 0 unspecified atom stereocenters. The van der Waals surface area contributed by atoms with E-state index >= 15 is 0 Å². The maximum atomic E-state index is 11.8. The van der Waals surface area contributed by atoms with E-state index in [-0.39, 0.29) is 12.2 Å². The van der Waals surface area contributed by atoms with Gasteiger partial charge in [0, 0.05) is 12.0 Å². The third-order valence-corrected chi connectivity index (χ3v) is 1.73.